The Morgan fingerprint density at radius 2 is 1.73 bits per heavy atom. The number of thioether (sulfide) groups is 1. The third-order valence-electron chi connectivity index (χ3n) is 6.18. The van der Waals surface area contributed by atoms with E-state index in [1.165, 1.54) is 11.8 Å². The van der Waals surface area contributed by atoms with Gasteiger partial charge in [-0.05, 0) is 32.4 Å². The van der Waals surface area contributed by atoms with E-state index in [0.29, 0.717) is 24.9 Å². The first kappa shape index (κ1) is 24.0. The number of ether oxygens (including phenoxy) is 2. The normalized spacial score (nSPS) is 17.8. The largest absolute Gasteiger partial charge is 0.379 e. The van der Waals surface area contributed by atoms with Crippen molar-refractivity contribution in [3.05, 3.63) is 29.8 Å². The summed E-state index contributed by atoms with van der Waals surface area (Å²) in [5, 5.41) is 12.8. The smallest absolute Gasteiger partial charge is 0.232 e. The molecule has 1 aromatic carbocycles. The second-order valence-electron chi connectivity index (χ2n) is 8.98. The molecule has 3 heterocycles. The van der Waals surface area contributed by atoms with Crippen molar-refractivity contribution in [2.45, 2.75) is 31.5 Å². The second-order valence-corrected chi connectivity index (χ2v) is 9.92. The molecule has 0 saturated carbocycles. The number of anilines is 1. The Hall–Kier alpha value is -2.14. The van der Waals surface area contributed by atoms with Gasteiger partial charge in [-0.3, -0.25) is 14.3 Å². The van der Waals surface area contributed by atoms with Gasteiger partial charge in [0, 0.05) is 38.3 Å². The fourth-order valence-corrected chi connectivity index (χ4v) is 4.90. The van der Waals surface area contributed by atoms with Gasteiger partial charge in [-0.25, -0.2) is 0 Å². The molecule has 0 atom stereocenters. The average molecular weight is 475 g/mol. The Kier molecular flexibility index (Phi) is 7.90. The van der Waals surface area contributed by atoms with Crippen LogP contribution >= 0.6 is 11.8 Å². The SMILES string of the molecule is Cc1ccccc1-n1c(SCC(=O)NCC(C)(C)N2CCOCC2)nnc1N1CCOCC1. The molecule has 2 aliphatic rings. The van der Waals surface area contributed by atoms with E-state index in [-0.39, 0.29) is 17.2 Å². The summed E-state index contributed by atoms with van der Waals surface area (Å²) in [6.07, 6.45) is 0. The van der Waals surface area contributed by atoms with E-state index in [1.807, 2.05) is 12.1 Å². The number of hydrogen-bond donors (Lipinski definition) is 1. The van der Waals surface area contributed by atoms with Crippen LogP contribution in [0.4, 0.5) is 5.95 Å². The van der Waals surface area contributed by atoms with E-state index >= 15 is 0 Å². The number of benzene rings is 1. The van der Waals surface area contributed by atoms with Gasteiger partial charge < -0.3 is 19.7 Å². The fraction of sp³-hybridized carbons (Fsp3) is 0.609. The lowest BCUT2D eigenvalue weighted by atomic mass is 10.0. The zero-order valence-electron chi connectivity index (χ0n) is 19.7. The van der Waals surface area contributed by atoms with Crippen molar-refractivity contribution >= 4 is 23.6 Å². The standard InChI is InChI=1S/C23H34N6O3S/c1-18-6-4-5-7-19(18)29-21(27-8-12-31-13-9-27)25-26-22(29)33-16-20(30)24-17-23(2,3)28-10-14-32-15-11-28/h4-7H,8-17H2,1-3H3,(H,24,30). The zero-order chi connectivity index (χ0) is 23.3. The molecule has 0 spiro atoms. The number of aryl methyl sites for hydroxylation is 1. The number of aromatic nitrogens is 3. The Balaban J connectivity index is 1.43. The van der Waals surface area contributed by atoms with Crippen LogP contribution in [-0.2, 0) is 14.3 Å². The predicted molar refractivity (Wildman–Crippen MR) is 129 cm³/mol. The van der Waals surface area contributed by atoms with Gasteiger partial charge in [0.2, 0.25) is 11.9 Å². The third-order valence-corrected chi connectivity index (χ3v) is 7.11. The number of nitrogens with one attached hydrogen (secondary N) is 1. The van der Waals surface area contributed by atoms with Crippen LogP contribution in [0.2, 0.25) is 0 Å². The first-order valence-electron chi connectivity index (χ1n) is 11.5. The van der Waals surface area contributed by atoms with Crippen LogP contribution < -0.4 is 10.2 Å². The number of para-hydroxylation sites is 1. The van der Waals surface area contributed by atoms with E-state index in [9.17, 15) is 4.79 Å². The van der Waals surface area contributed by atoms with Gasteiger partial charge in [-0.2, -0.15) is 0 Å². The highest BCUT2D eigenvalue weighted by Crippen LogP contribution is 2.28. The summed E-state index contributed by atoms with van der Waals surface area (Å²) in [5.41, 5.74) is 2.04. The highest BCUT2D eigenvalue weighted by atomic mass is 32.2. The molecular weight excluding hydrogens is 440 g/mol. The van der Waals surface area contributed by atoms with Crippen LogP contribution in [0.5, 0.6) is 0 Å². The molecular formula is C23H34N6O3S. The molecule has 1 amide bonds. The fourth-order valence-electron chi connectivity index (χ4n) is 4.13. The summed E-state index contributed by atoms with van der Waals surface area (Å²) in [5.74, 6) is 1.07. The molecule has 2 aromatic rings. The Labute approximate surface area is 199 Å². The Bertz CT molecular complexity index is 938. The van der Waals surface area contributed by atoms with Crippen molar-refractivity contribution in [3.8, 4) is 5.69 Å². The zero-order valence-corrected chi connectivity index (χ0v) is 20.6. The molecule has 2 saturated heterocycles. The van der Waals surface area contributed by atoms with Crippen molar-refractivity contribution in [3.63, 3.8) is 0 Å². The summed E-state index contributed by atoms with van der Waals surface area (Å²) in [6, 6.07) is 8.18. The number of amides is 1. The maximum absolute atomic E-state index is 12.7. The lowest BCUT2D eigenvalue weighted by Gasteiger charge is -2.40. The quantitative estimate of drug-likeness (QED) is 0.579. The van der Waals surface area contributed by atoms with Crippen molar-refractivity contribution in [2.75, 3.05) is 69.8 Å². The van der Waals surface area contributed by atoms with Gasteiger partial charge in [0.05, 0.1) is 37.9 Å². The lowest BCUT2D eigenvalue weighted by Crippen LogP contribution is -2.55. The topological polar surface area (TPSA) is 84.8 Å². The molecule has 33 heavy (non-hydrogen) atoms. The molecule has 0 radical (unpaired) electrons. The first-order chi connectivity index (χ1) is 16.0. The van der Waals surface area contributed by atoms with E-state index in [1.54, 1.807) is 0 Å². The maximum atomic E-state index is 12.7. The molecule has 10 heteroatoms. The summed E-state index contributed by atoms with van der Waals surface area (Å²) in [6.45, 7) is 13.1. The second kappa shape index (κ2) is 10.9. The van der Waals surface area contributed by atoms with Gasteiger partial charge in [0.1, 0.15) is 0 Å². The minimum absolute atomic E-state index is 0.00593. The van der Waals surface area contributed by atoms with Crippen LogP contribution in [0.3, 0.4) is 0 Å². The van der Waals surface area contributed by atoms with Gasteiger partial charge in [-0.15, -0.1) is 10.2 Å². The third kappa shape index (κ3) is 5.87. The minimum atomic E-state index is -0.116. The number of nitrogens with zero attached hydrogens (tertiary/aromatic N) is 5. The van der Waals surface area contributed by atoms with Crippen LogP contribution in [0.25, 0.3) is 5.69 Å². The average Bonchev–Trinajstić information content (AvgIpc) is 3.26. The maximum Gasteiger partial charge on any atom is 0.232 e. The lowest BCUT2D eigenvalue weighted by molar-refractivity contribution is -0.119. The van der Waals surface area contributed by atoms with Gasteiger partial charge in [0.15, 0.2) is 5.16 Å². The van der Waals surface area contributed by atoms with Gasteiger partial charge in [-0.1, -0.05) is 30.0 Å². The van der Waals surface area contributed by atoms with Crippen molar-refractivity contribution in [1.29, 1.82) is 0 Å². The number of morpholine rings is 2. The predicted octanol–water partition coefficient (Wildman–Crippen LogP) is 1.73. The molecule has 4 rings (SSSR count). The monoisotopic (exact) mass is 474 g/mol. The number of hydrogen-bond acceptors (Lipinski definition) is 8. The van der Waals surface area contributed by atoms with Gasteiger partial charge in [0.25, 0.3) is 0 Å². The molecule has 1 N–H and O–H groups in total. The van der Waals surface area contributed by atoms with Crippen LogP contribution in [0.1, 0.15) is 19.4 Å². The molecule has 0 unspecified atom stereocenters. The summed E-state index contributed by atoms with van der Waals surface area (Å²) in [7, 11) is 0. The highest BCUT2D eigenvalue weighted by molar-refractivity contribution is 7.99. The summed E-state index contributed by atoms with van der Waals surface area (Å²) >= 11 is 1.42. The highest BCUT2D eigenvalue weighted by Gasteiger charge is 2.29. The number of carbonyl (C=O) groups is 1. The van der Waals surface area contributed by atoms with Gasteiger partial charge >= 0.3 is 0 Å². The number of carbonyl (C=O) groups excluding carboxylic acids is 1. The van der Waals surface area contributed by atoms with Crippen molar-refractivity contribution in [1.82, 2.24) is 25.0 Å². The molecule has 2 fully saturated rings. The van der Waals surface area contributed by atoms with Crippen LogP contribution in [-0.4, -0.2) is 96.0 Å². The van der Waals surface area contributed by atoms with E-state index < -0.39 is 0 Å². The number of rotatable bonds is 8. The van der Waals surface area contributed by atoms with Crippen molar-refractivity contribution in [2.24, 2.45) is 0 Å². The Morgan fingerprint density at radius 1 is 1.06 bits per heavy atom. The molecule has 1 aromatic heterocycles. The van der Waals surface area contributed by atoms with E-state index in [0.717, 1.165) is 56.6 Å². The van der Waals surface area contributed by atoms with E-state index in [4.69, 9.17) is 9.47 Å². The van der Waals surface area contributed by atoms with Crippen LogP contribution in [0.15, 0.2) is 29.4 Å². The Morgan fingerprint density at radius 3 is 2.42 bits per heavy atom. The molecule has 2 aliphatic heterocycles. The van der Waals surface area contributed by atoms with E-state index in [2.05, 4.69) is 62.8 Å². The molecule has 9 nitrogen and oxygen atoms in total. The molecule has 0 bridgehead atoms. The molecule has 0 aliphatic carbocycles. The minimum Gasteiger partial charge on any atom is -0.379 e. The summed E-state index contributed by atoms with van der Waals surface area (Å²) < 4.78 is 13.0. The first-order valence-corrected chi connectivity index (χ1v) is 12.5. The van der Waals surface area contributed by atoms with Crippen molar-refractivity contribution < 1.29 is 14.3 Å². The van der Waals surface area contributed by atoms with Crippen LogP contribution in [0, 0.1) is 6.92 Å². The molecule has 180 valence electrons. The summed E-state index contributed by atoms with van der Waals surface area (Å²) in [4.78, 5) is 17.3.